The van der Waals surface area contributed by atoms with E-state index in [2.05, 4.69) is 21.2 Å². The molecule has 158 valence electrons. The molecule has 30 heavy (non-hydrogen) atoms. The van der Waals surface area contributed by atoms with E-state index in [1.165, 1.54) is 12.1 Å². The van der Waals surface area contributed by atoms with Crippen LogP contribution in [0.4, 0.5) is 8.78 Å². The Morgan fingerprint density at radius 1 is 1.23 bits per heavy atom. The van der Waals surface area contributed by atoms with Gasteiger partial charge in [-0.2, -0.15) is 0 Å². The van der Waals surface area contributed by atoms with Crippen LogP contribution in [0.25, 0.3) is 0 Å². The van der Waals surface area contributed by atoms with Gasteiger partial charge in [0.2, 0.25) is 5.91 Å². The average Bonchev–Trinajstić information content (AvgIpc) is 3.53. The van der Waals surface area contributed by atoms with Crippen LogP contribution in [0.15, 0.2) is 40.9 Å². The predicted octanol–water partition coefficient (Wildman–Crippen LogP) is 4.25. The number of benzene rings is 2. The lowest BCUT2D eigenvalue weighted by molar-refractivity contribution is -0.157. The van der Waals surface area contributed by atoms with Crippen LogP contribution in [0, 0.1) is 17.6 Å². The molecule has 1 spiro atoms. The maximum Gasteiger partial charge on any atom is 0.230 e. The number of hydrogen-bond donors (Lipinski definition) is 1. The third-order valence-electron chi connectivity index (χ3n) is 6.54. The highest BCUT2D eigenvalue weighted by Crippen LogP contribution is 2.48. The van der Waals surface area contributed by atoms with Crippen LogP contribution in [0.5, 0.6) is 0 Å². The molecular weight excluding hydrogens is 454 g/mol. The molecule has 4 nitrogen and oxygen atoms in total. The van der Waals surface area contributed by atoms with Gasteiger partial charge in [0.15, 0.2) is 11.6 Å². The van der Waals surface area contributed by atoms with Gasteiger partial charge in [-0.25, -0.2) is 8.78 Å². The Bertz CT molecular complexity index is 997. The number of nitrogens with zero attached hydrogens (tertiary/aromatic N) is 1. The maximum absolute atomic E-state index is 14.1. The Hall–Kier alpha value is -1.83. The van der Waals surface area contributed by atoms with Crippen molar-refractivity contribution in [1.82, 2.24) is 10.2 Å². The largest absolute Gasteiger partial charge is 0.365 e. The number of halogens is 3. The highest BCUT2D eigenvalue weighted by molar-refractivity contribution is 9.10. The van der Waals surface area contributed by atoms with Crippen molar-refractivity contribution in [3.63, 3.8) is 0 Å². The van der Waals surface area contributed by atoms with Crippen molar-refractivity contribution >= 4 is 21.8 Å². The molecule has 2 aromatic rings. The topological polar surface area (TPSA) is 41.6 Å². The normalized spacial score (nSPS) is 25.4. The first kappa shape index (κ1) is 20.1. The van der Waals surface area contributed by atoms with Gasteiger partial charge >= 0.3 is 0 Å². The first-order valence-electron chi connectivity index (χ1n) is 10.4. The van der Waals surface area contributed by atoms with Gasteiger partial charge in [0.05, 0.1) is 12.5 Å². The molecule has 0 aromatic heterocycles. The van der Waals surface area contributed by atoms with Gasteiger partial charge in [0.25, 0.3) is 0 Å². The molecule has 2 atom stereocenters. The van der Waals surface area contributed by atoms with Gasteiger partial charge in [0.1, 0.15) is 5.60 Å². The fourth-order valence-corrected chi connectivity index (χ4v) is 5.22. The SMILES string of the molecule is O=C([C@H]1CNCCC12OCc1cc(F)c(F)cc12)N(Cc1ccccc1Br)C1CC1. The summed E-state index contributed by atoms with van der Waals surface area (Å²) in [6.07, 6.45) is 2.52. The minimum atomic E-state index is -0.909. The highest BCUT2D eigenvalue weighted by atomic mass is 79.9. The molecule has 2 heterocycles. The number of nitrogens with one attached hydrogen (secondary N) is 1. The minimum Gasteiger partial charge on any atom is -0.365 e. The Labute approximate surface area is 182 Å². The summed E-state index contributed by atoms with van der Waals surface area (Å²) in [6.45, 7) is 1.83. The summed E-state index contributed by atoms with van der Waals surface area (Å²) >= 11 is 3.58. The van der Waals surface area contributed by atoms with E-state index < -0.39 is 23.2 Å². The number of fused-ring (bicyclic) bond motifs is 2. The van der Waals surface area contributed by atoms with Gasteiger partial charge < -0.3 is 15.0 Å². The number of ether oxygens (including phenoxy) is 1. The van der Waals surface area contributed by atoms with Gasteiger partial charge in [-0.05, 0) is 60.7 Å². The smallest absolute Gasteiger partial charge is 0.230 e. The Morgan fingerprint density at radius 3 is 2.77 bits per heavy atom. The lowest BCUT2D eigenvalue weighted by Crippen LogP contribution is -2.55. The maximum atomic E-state index is 14.1. The van der Waals surface area contributed by atoms with Crippen molar-refractivity contribution in [1.29, 1.82) is 0 Å². The summed E-state index contributed by atoms with van der Waals surface area (Å²) in [5.74, 6) is -2.24. The van der Waals surface area contributed by atoms with E-state index in [4.69, 9.17) is 4.74 Å². The molecule has 1 aliphatic carbocycles. The Balaban J connectivity index is 1.50. The summed E-state index contributed by atoms with van der Waals surface area (Å²) in [5.41, 5.74) is 1.40. The van der Waals surface area contributed by atoms with Crippen molar-refractivity contribution in [3.05, 3.63) is 69.2 Å². The molecule has 2 aromatic carbocycles. The van der Waals surface area contributed by atoms with Crippen LogP contribution in [0.2, 0.25) is 0 Å². The number of piperidine rings is 1. The van der Waals surface area contributed by atoms with E-state index >= 15 is 0 Å². The second-order valence-corrected chi connectivity index (χ2v) is 9.25. The van der Waals surface area contributed by atoms with Crippen LogP contribution >= 0.6 is 15.9 Å². The van der Waals surface area contributed by atoms with Crippen molar-refractivity contribution in [2.75, 3.05) is 13.1 Å². The number of amides is 1. The van der Waals surface area contributed by atoms with Crippen molar-refractivity contribution < 1.29 is 18.3 Å². The second kappa shape index (κ2) is 7.70. The molecule has 2 aliphatic heterocycles. The van der Waals surface area contributed by atoms with E-state index in [-0.39, 0.29) is 18.6 Å². The zero-order chi connectivity index (χ0) is 20.9. The number of carbonyl (C=O) groups is 1. The summed E-state index contributed by atoms with van der Waals surface area (Å²) in [5, 5.41) is 3.31. The summed E-state index contributed by atoms with van der Waals surface area (Å²) < 4.78 is 35.1. The molecule has 5 rings (SSSR count). The zero-order valence-corrected chi connectivity index (χ0v) is 18.1. The predicted molar refractivity (Wildman–Crippen MR) is 112 cm³/mol. The van der Waals surface area contributed by atoms with Crippen LogP contribution in [-0.4, -0.2) is 29.9 Å². The van der Waals surface area contributed by atoms with E-state index in [0.717, 1.165) is 22.9 Å². The molecular formula is C23H23BrF2N2O2. The second-order valence-electron chi connectivity index (χ2n) is 8.40. The molecule has 1 amide bonds. The lowest BCUT2D eigenvalue weighted by Gasteiger charge is -2.43. The fraction of sp³-hybridized carbons (Fsp3) is 0.435. The molecule has 1 saturated heterocycles. The number of hydrogen-bond acceptors (Lipinski definition) is 3. The van der Waals surface area contributed by atoms with E-state index in [9.17, 15) is 13.6 Å². The van der Waals surface area contributed by atoms with Crippen LogP contribution in [0.1, 0.15) is 36.0 Å². The van der Waals surface area contributed by atoms with Gasteiger partial charge in [0, 0.05) is 23.6 Å². The monoisotopic (exact) mass is 476 g/mol. The van der Waals surface area contributed by atoms with Gasteiger partial charge in [-0.3, -0.25) is 4.79 Å². The molecule has 1 unspecified atom stereocenters. The first-order valence-corrected chi connectivity index (χ1v) is 11.2. The fourth-order valence-electron chi connectivity index (χ4n) is 4.81. The zero-order valence-electron chi connectivity index (χ0n) is 16.5. The van der Waals surface area contributed by atoms with Crippen LogP contribution < -0.4 is 5.32 Å². The molecule has 0 bridgehead atoms. The Kier molecular flexibility index (Phi) is 5.16. The van der Waals surface area contributed by atoms with Gasteiger partial charge in [-0.1, -0.05) is 34.1 Å². The van der Waals surface area contributed by atoms with E-state index in [1.807, 2.05) is 29.2 Å². The molecule has 1 N–H and O–H groups in total. The molecule has 7 heteroatoms. The van der Waals surface area contributed by atoms with Crippen molar-refractivity contribution in [3.8, 4) is 0 Å². The summed E-state index contributed by atoms with van der Waals surface area (Å²) in [4.78, 5) is 15.8. The lowest BCUT2D eigenvalue weighted by atomic mass is 9.75. The molecule has 2 fully saturated rings. The highest BCUT2D eigenvalue weighted by Gasteiger charge is 2.53. The van der Waals surface area contributed by atoms with Crippen molar-refractivity contribution in [2.24, 2.45) is 5.92 Å². The Morgan fingerprint density at radius 2 is 2.00 bits per heavy atom. The quantitative estimate of drug-likeness (QED) is 0.716. The third-order valence-corrected chi connectivity index (χ3v) is 7.31. The number of carbonyl (C=O) groups excluding carboxylic acids is 1. The number of rotatable bonds is 4. The van der Waals surface area contributed by atoms with E-state index in [0.29, 0.717) is 37.2 Å². The molecule has 1 saturated carbocycles. The first-order chi connectivity index (χ1) is 14.5. The van der Waals surface area contributed by atoms with Crippen LogP contribution in [0.3, 0.4) is 0 Å². The molecule has 0 radical (unpaired) electrons. The molecule has 3 aliphatic rings. The summed E-state index contributed by atoms with van der Waals surface area (Å²) in [7, 11) is 0. The minimum absolute atomic E-state index is 0.0121. The summed E-state index contributed by atoms with van der Waals surface area (Å²) in [6, 6.07) is 10.6. The van der Waals surface area contributed by atoms with E-state index in [1.54, 1.807) is 0 Å². The standard InChI is InChI=1S/C23H23BrF2N2O2/c24-19-4-2-1-3-14(19)12-28(16-5-6-16)22(29)18-11-27-8-7-23(18)17-10-21(26)20(25)9-15(17)13-30-23/h1-4,9-10,16,18,27H,5-8,11-13H2/t18-,23?/m1/s1. The third kappa shape index (κ3) is 3.37. The van der Waals surface area contributed by atoms with Gasteiger partial charge in [-0.15, -0.1) is 0 Å². The average molecular weight is 477 g/mol. The van der Waals surface area contributed by atoms with Crippen LogP contribution in [-0.2, 0) is 28.3 Å². The van der Waals surface area contributed by atoms with Crippen molar-refractivity contribution in [2.45, 2.75) is 44.1 Å².